The quantitative estimate of drug-likeness (QED) is 0.877. The number of hydrogen-bond acceptors (Lipinski definition) is 2. The Balaban J connectivity index is 2.05. The Labute approximate surface area is 109 Å². The summed E-state index contributed by atoms with van der Waals surface area (Å²) < 4.78 is 0. The third kappa shape index (κ3) is 2.91. The van der Waals surface area contributed by atoms with Crippen molar-refractivity contribution in [3.8, 4) is 6.07 Å². The van der Waals surface area contributed by atoms with Gasteiger partial charge in [0.15, 0.2) is 0 Å². The van der Waals surface area contributed by atoms with E-state index in [1.54, 1.807) is 12.1 Å². The minimum Gasteiger partial charge on any atom is -0.388 e. The smallest absolute Gasteiger partial charge is 0.0991 e. The van der Waals surface area contributed by atoms with Gasteiger partial charge in [0.05, 0.1) is 17.7 Å². The number of benzene rings is 1. The fraction of sp³-hybridized carbons (Fsp3) is 0.562. The van der Waals surface area contributed by atoms with E-state index in [0.717, 1.165) is 24.3 Å². The van der Waals surface area contributed by atoms with Gasteiger partial charge in [0.1, 0.15) is 0 Å². The molecule has 1 aromatic rings. The molecule has 1 fully saturated rings. The molecule has 3 unspecified atom stereocenters. The number of aliphatic hydroxyl groups excluding tert-OH is 1. The first-order valence-electron chi connectivity index (χ1n) is 6.92. The molecule has 0 amide bonds. The van der Waals surface area contributed by atoms with E-state index in [9.17, 15) is 5.11 Å². The molecule has 96 valence electrons. The van der Waals surface area contributed by atoms with Crippen molar-refractivity contribution in [2.75, 3.05) is 0 Å². The molecule has 2 heteroatoms. The number of nitriles is 1. The summed E-state index contributed by atoms with van der Waals surface area (Å²) in [5, 5.41) is 19.2. The van der Waals surface area contributed by atoms with Gasteiger partial charge in [-0.25, -0.2) is 0 Å². The summed E-state index contributed by atoms with van der Waals surface area (Å²) in [6.45, 7) is 2.24. The van der Waals surface area contributed by atoms with Crippen molar-refractivity contribution in [1.82, 2.24) is 0 Å². The van der Waals surface area contributed by atoms with Gasteiger partial charge in [0.25, 0.3) is 0 Å². The van der Waals surface area contributed by atoms with Crippen LogP contribution in [0, 0.1) is 23.2 Å². The van der Waals surface area contributed by atoms with E-state index in [-0.39, 0.29) is 6.10 Å². The normalized spacial score (nSPS) is 25.4. The molecule has 0 aliphatic heterocycles. The number of rotatable bonds is 3. The summed E-state index contributed by atoms with van der Waals surface area (Å²) in [6, 6.07) is 9.46. The van der Waals surface area contributed by atoms with Gasteiger partial charge in [-0.1, -0.05) is 38.3 Å². The van der Waals surface area contributed by atoms with E-state index in [1.165, 1.54) is 19.3 Å². The molecule has 0 heterocycles. The second-order valence-corrected chi connectivity index (χ2v) is 5.38. The molecular weight excluding hydrogens is 222 g/mol. The molecule has 0 bridgehead atoms. The Morgan fingerprint density at radius 3 is 2.67 bits per heavy atom. The second-order valence-electron chi connectivity index (χ2n) is 5.38. The summed E-state index contributed by atoms with van der Waals surface area (Å²) in [5.74, 6) is 1.16. The largest absolute Gasteiger partial charge is 0.388 e. The van der Waals surface area contributed by atoms with Crippen molar-refractivity contribution in [3.63, 3.8) is 0 Å². The van der Waals surface area contributed by atoms with Crippen molar-refractivity contribution in [1.29, 1.82) is 5.26 Å². The van der Waals surface area contributed by atoms with Crippen LogP contribution in [-0.2, 0) is 0 Å². The van der Waals surface area contributed by atoms with Crippen LogP contribution in [-0.4, -0.2) is 5.11 Å². The van der Waals surface area contributed by atoms with Crippen molar-refractivity contribution >= 4 is 0 Å². The first-order valence-corrected chi connectivity index (χ1v) is 6.92. The second kappa shape index (κ2) is 6.02. The fourth-order valence-corrected chi connectivity index (χ4v) is 3.02. The van der Waals surface area contributed by atoms with Crippen LogP contribution < -0.4 is 0 Å². The number of hydrogen-bond donors (Lipinski definition) is 1. The van der Waals surface area contributed by atoms with Gasteiger partial charge in [-0.3, -0.25) is 0 Å². The van der Waals surface area contributed by atoms with Crippen LogP contribution in [0.3, 0.4) is 0 Å². The maximum absolute atomic E-state index is 10.4. The van der Waals surface area contributed by atoms with Crippen molar-refractivity contribution in [3.05, 3.63) is 35.4 Å². The molecule has 0 spiro atoms. The fourth-order valence-electron chi connectivity index (χ4n) is 3.02. The minimum absolute atomic E-state index is 0.368. The summed E-state index contributed by atoms with van der Waals surface area (Å²) in [6.07, 6.45) is 5.65. The molecule has 3 atom stereocenters. The number of aliphatic hydroxyl groups is 1. The zero-order valence-electron chi connectivity index (χ0n) is 11.0. The molecule has 2 rings (SSSR count). The molecule has 2 nitrogen and oxygen atoms in total. The Morgan fingerprint density at radius 2 is 2.06 bits per heavy atom. The maximum atomic E-state index is 10.4. The van der Waals surface area contributed by atoms with Gasteiger partial charge < -0.3 is 5.11 Å². The van der Waals surface area contributed by atoms with E-state index in [4.69, 9.17) is 5.26 Å². The van der Waals surface area contributed by atoms with Crippen LogP contribution in [0.4, 0.5) is 0 Å². The zero-order valence-corrected chi connectivity index (χ0v) is 11.0. The molecule has 1 aliphatic carbocycles. The van der Waals surface area contributed by atoms with Crippen molar-refractivity contribution in [2.45, 2.75) is 45.1 Å². The summed E-state index contributed by atoms with van der Waals surface area (Å²) >= 11 is 0. The van der Waals surface area contributed by atoms with E-state index in [0.29, 0.717) is 11.5 Å². The monoisotopic (exact) mass is 243 g/mol. The van der Waals surface area contributed by atoms with Gasteiger partial charge >= 0.3 is 0 Å². The van der Waals surface area contributed by atoms with E-state index in [2.05, 4.69) is 13.0 Å². The predicted octanol–water partition coefficient (Wildman–Crippen LogP) is 3.81. The molecule has 0 aromatic heterocycles. The lowest BCUT2D eigenvalue weighted by Crippen LogP contribution is -2.21. The van der Waals surface area contributed by atoms with Gasteiger partial charge in [0.2, 0.25) is 0 Å². The summed E-state index contributed by atoms with van der Waals surface area (Å²) in [4.78, 5) is 0. The van der Waals surface area contributed by atoms with Crippen LogP contribution in [0.25, 0.3) is 0 Å². The average Bonchev–Trinajstić information content (AvgIpc) is 2.46. The SMILES string of the molecule is CCC1CCCC(C(O)c2ccc(C#N)cc2)C1. The van der Waals surface area contributed by atoms with Gasteiger partial charge in [0, 0.05) is 0 Å². The highest BCUT2D eigenvalue weighted by Crippen LogP contribution is 2.38. The first kappa shape index (κ1) is 13.1. The van der Waals surface area contributed by atoms with Gasteiger partial charge in [-0.2, -0.15) is 5.26 Å². The molecule has 1 saturated carbocycles. The molecule has 0 saturated heterocycles. The maximum Gasteiger partial charge on any atom is 0.0991 e. The first-order chi connectivity index (χ1) is 8.74. The lowest BCUT2D eigenvalue weighted by Gasteiger charge is -2.32. The molecule has 1 N–H and O–H groups in total. The zero-order chi connectivity index (χ0) is 13.0. The topological polar surface area (TPSA) is 44.0 Å². The third-order valence-corrected chi connectivity index (χ3v) is 4.23. The molecule has 1 aliphatic rings. The highest BCUT2D eigenvalue weighted by molar-refractivity contribution is 5.32. The van der Waals surface area contributed by atoms with E-state index in [1.807, 2.05) is 12.1 Å². The molecule has 0 radical (unpaired) electrons. The van der Waals surface area contributed by atoms with E-state index < -0.39 is 0 Å². The van der Waals surface area contributed by atoms with Gasteiger partial charge in [-0.05, 0) is 42.4 Å². The van der Waals surface area contributed by atoms with Crippen molar-refractivity contribution in [2.24, 2.45) is 11.8 Å². The standard InChI is InChI=1S/C16H21NO/c1-2-12-4-3-5-15(10-12)16(18)14-8-6-13(11-17)7-9-14/h6-9,12,15-16,18H,2-5,10H2,1H3. The van der Waals surface area contributed by atoms with Crippen LogP contribution in [0.1, 0.15) is 56.3 Å². The molecular formula is C16H21NO. The highest BCUT2D eigenvalue weighted by atomic mass is 16.3. The third-order valence-electron chi connectivity index (χ3n) is 4.23. The summed E-state index contributed by atoms with van der Waals surface area (Å²) in [7, 11) is 0. The average molecular weight is 243 g/mol. The lowest BCUT2D eigenvalue weighted by atomic mass is 9.76. The Morgan fingerprint density at radius 1 is 1.33 bits per heavy atom. The van der Waals surface area contributed by atoms with Crippen LogP contribution in [0.5, 0.6) is 0 Å². The van der Waals surface area contributed by atoms with Crippen LogP contribution >= 0.6 is 0 Å². The summed E-state index contributed by atoms with van der Waals surface area (Å²) in [5.41, 5.74) is 1.61. The Bertz CT molecular complexity index is 418. The Hall–Kier alpha value is -1.33. The van der Waals surface area contributed by atoms with Crippen LogP contribution in [0.15, 0.2) is 24.3 Å². The van der Waals surface area contributed by atoms with Crippen molar-refractivity contribution < 1.29 is 5.11 Å². The minimum atomic E-state index is -0.368. The van der Waals surface area contributed by atoms with Crippen LogP contribution in [0.2, 0.25) is 0 Å². The van der Waals surface area contributed by atoms with Gasteiger partial charge in [-0.15, -0.1) is 0 Å². The number of nitrogens with zero attached hydrogens (tertiary/aromatic N) is 1. The lowest BCUT2D eigenvalue weighted by molar-refractivity contribution is 0.0678. The molecule has 18 heavy (non-hydrogen) atoms. The Kier molecular flexibility index (Phi) is 4.38. The predicted molar refractivity (Wildman–Crippen MR) is 71.9 cm³/mol. The van der Waals surface area contributed by atoms with E-state index >= 15 is 0 Å². The molecule has 1 aromatic carbocycles. The highest BCUT2D eigenvalue weighted by Gasteiger charge is 2.27.